The maximum atomic E-state index is 13.6. The van der Waals surface area contributed by atoms with Crippen molar-refractivity contribution in [3.63, 3.8) is 0 Å². The summed E-state index contributed by atoms with van der Waals surface area (Å²) in [5, 5.41) is 8.64. The molecule has 2 aromatic rings. The molecule has 3 nitrogen and oxygen atoms in total. The van der Waals surface area contributed by atoms with Crippen LogP contribution in [-0.2, 0) is 0 Å². The minimum Gasteiger partial charge on any atom is -0.453 e. The Morgan fingerprint density at radius 3 is 2.61 bits per heavy atom. The Morgan fingerprint density at radius 1 is 1.17 bits per heavy atom. The Bertz CT molecular complexity index is 637. The van der Waals surface area contributed by atoms with Gasteiger partial charge in [-0.15, -0.1) is 0 Å². The van der Waals surface area contributed by atoms with Crippen molar-refractivity contribution in [3.8, 4) is 17.6 Å². The van der Waals surface area contributed by atoms with Gasteiger partial charge in [-0.25, -0.2) is 4.39 Å². The highest BCUT2D eigenvalue weighted by atomic mass is 79.9. The van der Waals surface area contributed by atoms with E-state index in [4.69, 9.17) is 15.7 Å². The van der Waals surface area contributed by atoms with Gasteiger partial charge in [0.1, 0.15) is 5.75 Å². The summed E-state index contributed by atoms with van der Waals surface area (Å²) in [6, 6.07) is 10.9. The summed E-state index contributed by atoms with van der Waals surface area (Å²) in [7, 11) is 0. The number of nitriles is 1. The van der Waals surface area contributed by atoms with E-state index < -0.39 is 5.82 Å². The van der Waals surface area contributed by atoms with E-state index in [1.54, 1.807) is 18.2 Å². The number of nitrogen functional groups attached to an aromatic ring is 1. The molecule has 0 atom stereocenters. The standard InChI is InChI=1S/C13H8BrFN2O/c14-10-3-2-9(17)6-13(10)18-12-4-1-8(7-16)5-11(12)15/h1-6H,17H2. The number of nitrogens with two attached hydrogens (primary N) is 1. The number of benzene rings is 2. The van der Waals surface area contributed by atoms with Crippen LogP contribution in [0.3, 0.4) is 0 Å². The molecule has 2 rings (SSSR count). The van der Waals surface area contributed by atoms with Crippen LogP contribution in [-0.4, -0.2) is 0 Å². The Hall–Kier alpha value is -2.06. The Labute approximate surface area is 112 Å². The fourth-order valence-corrected chi connectivity index (χ4v) is 1.70. The van der Waals surface area contributed by atoms with Crippen LogP contribution >= 0.6 is 15.9 Å². The van der Waals surface area contributed by atoms with Gasteiger partial charge in [-0.1, -0.05) is 0 Å². The molecular formula is C13H8BrFN2O. The fourth-order valence-electron chi connectivity index (χ4n) is 1.37. The first-order valence-electron chi connectivity index (χ1n) is 5.02. The van der Waals surface area contributed by atoms with Crippen molar-refractivity contribution < 1.29 is 9.13 Å². The first-order valence-corrected chi connectivity index (χ1v) is 5.82. The molecule has 0 radical (unpaired) electrons. The second-order valence-corrected chi connectivity index (χ2v) is 4.40. The average Bonchev–Trinajstić information content (AvgIpc) is 2.36. The van der Waals surface area contributed by atoms with Gasteiger partial charge in [-0.2, -0.15) is 5.26 Å². The fraction of sp³-hybridized carbons (Fsp3) is 0. The summed E-state index contributed by atoms with van der Waals surface area (Å²) in [5.74, 6) is -0.137. The molecule has 0 aliphatic rings. The third-order valence-electron chi connectivity index (χ3n) is 2.24. The molecule has 0 heterocycles. The first-order chi connectivity index (χ1) is 8.60. The van der Waals surface area contributed by atoms with Gasteiger partial charge in [-0.3, -0.25) is 0 Å². The lowest BCUT2D eigenvalue weighted by Crippen LogP contribution is -1.92. The third-order valence-corrected chi connectivity index (χ3v) is 2.89. The summed E-state index contributed by atoms with van der Waals surface area (Å²) >= 11 is 3.29. The van der Waals surface area contributed by atoms with Crippen LogP contribution in [0.15, 0.2) is 40.9 Å². The van der Waals surface area contributed by atoms with Crippen LogP contribution in [0.4, 0.5) is 10.1 Å². The lowest BCUT2D eigenvalue weighted by molar-refractivity contribution is 0.440. The van der Waals surface area contributed by atoms with Crippen LogP contribution < -0.4 is 10.5 Å². The second kappa shape index (κ2) is 5.07. The highest BCUT2D eigenvalue weighted by molar-refractivity contribution is 9.10. The van der Waals surface area contributed by atoms with E-state index in [-0.39, 0.29) is 11.3 Å². The molecule has 5 heteroatoms. The summed E-state index contributed by atoms with van der Waals surface area (Å²) in [6.45, 7) is 0. The summed E-state index contributed by atoms with van der Waals surface area (Å²) in [5.41, 5.74) is 6.39. The van der Waals surface area contributed by atoms with E-state index in [2.05, 4.69) is 15.9 Å². The average molecular weight is 307 g/mol. The van der Waals surface area contributed by atoms with Gasteiger partial charge >= 0.3 is 0 Å². The van der Waals surface area contributed by atoms with Crippen molar-refractivity contribution in [1.82, 2.24) is 0 Å². The highest BCUT2D eigenvalue weighted by Crippen LogP contribution is 2.32. The number of ether oxygens (including phenoxy) is 1. The molecule has 90 valence electrons. The molecule has 0 aromatic heterocycles. The van der Waals surface area contributed by atoms with E-state index in [0.29, 0.717) is 15.9 Å². The number of hydrogen-bond acceptors (Lipinski definition) is 3. The Kier molecular flexibility index (Phi) is 3.49. The number of anilines is 1. The third kappa shape index (κ3) is 2.60. The topological polar surface area (TPSA) is 59.0 Å². The van der Waals surface area contributed by atoms with Gasteiger partial charge in [-0.05, 0) is 46.3 Å². The summed E-state index contributed by atoms with van der Waals surface area (Å²) in [4.78, 5) is 0. The molecule has 0 fully saturated rings. The van der Waals surface area contributed by atoms with E-state index in [1.807, 2.05) is 6.07 Å². The number of nitrogens with zero attached hydrogens (tertiary/aromatic N) is 1. The zero-order valence-corrected chi connectivity index (χ0v) is 10.7. The quantitative estimate of drug-likeness (QED) is 0.858. The minimum absolute atomic E-state index is 0.0419. The van der Waals surface area contributed by atoms with E-state index in [0.717, 1.165) is 6.07 Å². The molecular weight excluding hydrogens is 299 g/mol. The number of halogens is 2. The lowest BCUT2D eigenvalue weighted by Gasteiger charge is -2.09. The van der Waals surface area contributed by atoms with Gasteiger partial charge in [0.2, 0.25) is 0 Å². The monoisotopic (exact) mass is 306 g/mol. The number of rotatable bonds is 2. The zero-order valence-electron chi connectivity index (χ0n) is 9.15. The van der Waals surface area contributed by atoms with Gasteiger partial charge in [0.15, 0.2) is 11.6 Å². The minimum atomic E-state index is -0.594. The zero-order chi connectivity index (χ0) is 13.1. The molecule has 18 heavy (non-hydrogen) atoms. The summed E-state index contributed by atoms with van der Waals surface area (Å²) in [6.07, 6.45) is 0. The molecule has 2 aromatic carbocycles. The van der Waals surface area contributed by atoms with Gasteiger partial charge in [0.05, 0.1) is 16.1 Å². The number of hydrogen-bond donors (Lipinski definition) is 1. The van der Waals surface area contributed by atoms with Crippen molar-refractivity contribution in [2.45, 2.75) is 0 Å². The molecule has 0 saturated carbocycles. The largest absolute Gasteiger partial charge is 0.453 e. The van der Waals surface area contributed by atoms with Crippen molar-refractivity contribution in [1.29, 1.82) is 5.26 Å². The van der Waals surface area contributed by atoms with Gasteiger partial charge in [0, 0.05) is 11.8 Å². The van der Waals surface area contributed by atoms with Gasteiger partial charge in [0.25, 0.3) is 0 Å². The van der Waals surface area contributed by atoms with E-state index in [1.165, 1.54) is 12.1 Å². The molecule has 2 N–H and O–H groups in total. The van der Waals surface area contributed by atoms with Crippen molar-refractivity contribution in [2.24, 2.45) is 0 Å². The summed E-state index contributed by atoms with van der Waals surface area (Å²) < 4.78 is 19.7. The van der Waals surface area contributed by atoms with Crippen molar-refractivity contribution >= 4 is 21.6 Å². The highest BCUT2D eigenvalue weighted by Gasteiger charge is 2.08. The van der Waals surface area contributed by atoms with Crippen LogP contribution in [0.25, 0.3) is 0 Å². The predicted molar refractivity (Wildman–Crippen MR) is 69.7 cm³/mol. The molecule has 0 saturated heterocycles. The predicted octanol–water partition coefficient (Wildman–Crippen LogP) is 3.83. The maximum absolute atomic E-state index is 13.6. The van der Waals surface area contributed by atoms with Crippen LogP contribution in [0.5, 0.6) is 11.5 Å². The van der Waals surface area contributed by atoms with E-state index >= 15 is 0 Å². The molecule has 0 aliphatic heterocycles. The Balaban J connectivity index is 2.34. The molecule has 0 amide bonds. The normalized spacial score (nSPS) is 9.83. The maximum Gasteiger partial charge on any atom is 0.167 e. The van der Waals surface area contributed by atoms with Gasteiger partial charge < -0.3 is 10.5 Å². The SMILES string of the molecule is N#Cc1ccc(Oc2cc(N)ccc2Br)c(F)c1. The molecule has 0 aliphatic carbocycles. The van der Waals surface area contributed by atoms with Crippen molar-refractivity contribution in [2.75, 3.05) is 5.73 Å². The van der Waals surface area contributed by atoms with Crippen molar-refractivity contribution in [3.05, 3.63) is 52.3 Å². The van der Waals surface area contributed by atoms with Crippen LogP contribution in [0.1, 0.15) is 5.56 Å². The van der Waals surface area contributed by atoms with E-state index in [9.17, 15) is 4.39 Å². The second-order valence-electron chi connectivity index (χ2n) is 3.55. The molecule has 0 bridgehead atoms. The Morgan fingerprint density at radius 2 is 1.94 bits per heavy atom. The van der Waals surface area contributed by atoms with Crippen LogP contribution in [0, 0.1) is 17.1 Å². The lowest BCUT2D eigenvalue weighted by atomic mass is 10.2. The smallest absolute Gasteiger partial charge is 0.167 e. The molecule has 0 spiro atoms. The molecule has 0 unspecified atom stereocenters. The van der Waals surface area contributed by atoms with Crippen LogP contribution in [0.2, 0.25) is 0 Å². The first kappa shape index (κ1) is 12.4.